The number of fused-ring (bicyclic) bond motifs is 2. The summed E-state index contributed by atoms with van der Waals surface area (Å²) in [6.07, 6.45) is 5.69. The zero-order chi connectivity index (χ0) is 24.5. The van der Waals surface area contributed by atoms with Gasteiger partial charge in [-0.15, -0.1) is 0 Å². The summed E-state index contributed by atoms with van der Waals surface area (Å²) < 4.78 is 24.2. The Hall–Kier alpha value is -3.94. The number of nitrogens with zero attached hydrogens (tertiary/aromatic N) is 5. The molecule has 12 nitrogen and oxygen atoms in total. The fourth-order valence-electron chi connectivity index (χ4n) is 4.03. The quantitative estimate of drug-likeness (QED) is 0.249. The van der Waals surface area contributed by atoms with Gasteiger partial charge in [-0.25, -0.2) is 18.9 Å². The van der Waals surface area contributed by atoms with E-state index >= 15 is 0 Å². The molecule has 0 spiro atoms. The van der Waals surface area contributed by atoms with Crippen molar-refractivity contribution in [1.29, 1.82) is 0 Å². The fraction of sp³-hybridized carbons (Fsp3) is 0.227. The molecular weight excluding hydrogens is 470 g/mol. The fourth-order valence-corrected chi connectivity index (χ4v) is 4.31. The molecule has 13 heteroatoms. The second-order valence-electron chi connectivity index (χ2n) is 8.13. The highest BCUT2D eigenvalue weighted by Crippen LogP contribution is 2.30. The second-order valence-corrected chi connectivity index (χ2v) is 8.92. The zero-order valence-corrected chi connectivity index (χ0v) is 19.6. The Morgan fingerprint density at radius 1 is 1.23 bits per heavy atom. The minimum Gasteiger partial charge on any atom is -0.383 e. The smallest absolute Gasteiger partial charge is 0.241 e. The SMILES string of the molecule is Cc1c(CNS(=O)O)cncc1-c1cc2cc(Nc3cc4n(n3)CC(=O)NCC4)ncc2c(N)n1. The van der Waals surface area contributed by atoms with Gasteiger partial charge in [0.25, 0.3) is 0 Å². The van der Waals surface area contributed by atoms with E-state index in [1.54, 1.807) is 23.3 Å². The van der Waals surface area contributed by atoms with E-state index in [9.17, 15) is 9.00 Å². The Labute approximate surface area is 202 Å². The molecule has 4 aromatic heterocycles. The van der Waals surface area contributed by atoms with E-state index < -0.39 is 11.3 Å². The van der Waals surface area contributed by atoms with Crippen molar-refractivity contribution in [1.82, 2.24) is 34.8 Å². The van der Waals surface area contributed by atoms with E-state index in [-0.39, 0.29) is 19.0 Å². The molecule has 0 fully saturated rings. The predicted molar refractivity (Wildman–Crippen MR) is 132 cm³/mol. The molecule has 35 heavy (non-hydrogen) atoms. The Morgan fingerprint density at radius 3 is 2.91 bits per heavy atom. The molecule has 5 heterocycles. The normalized spacial score (nSPS) is 14.3. The number of pyridine rings is 3. The first-order chi connectivity index (χ1) is 16.9. The molecule has 180 valence electrons. The number of hydrogen-bond donors (Lipinski definition) is 5. The maximum absolute atomic E-state index is 11.8. The monoisotopic (exact) mass is 493 g/mol. The van der Waals surface area contributed by atoms with Crippen LogP contribution < -0.4 is 21.1 Å². The van der Waals surface area contributed by atoms with Crippen molar-refractivity contribution in [2.45, 2.75) is 26.4 Å². The van der Waals surface area contributed by atoms with Crippen LogP contribution in [0.4, 0.5) is 17.5 Å². The molecule has 0 bridgehead atoms. The number of rotatable bonds is 6. The maximum Gasteiger partial charge on any atom is 0.241 e. The van der Waals surface area contributed by atoms with Crippen LogP contribution in [0.3, 0.4) is 0 Å². The van der Waals surface area contributed by atoms with Gasteiger partial charge < -0.3 is 16.4 Å². The number of hydrogen-bond acceptors (Lipinski definition) is 8. The van der Waals surface area contributed by atoms with E-state index in [1.165, 1.54) is 0 Å². The summed E-state index contributed by atoms with van der Waals surface area (Å²) in [5.74, 6) is 1.44. The van der Waals surface area contributed by atoms with Gasteiger partial charge in [0.1, 0.15) is 18.2 Å². The van der Waals surface area contributed by atoms with E-state index in [2.05, 4.69) is 35.4 Å². The predicted octanol–water partition coefficient (Wildman–Crippen LogP) is 1.42. The lowest BCUT2D eigenvalue weighted by atomic mass is 10.0. The largest absolute Gasteiger partial charge is 0.383 e. The summed E-state index contributed by atoms with van der Waals surface area (Å²) >= 11 is -2.12. The summed E-state index contributed by atoms with van der Waals surface area (Å²) in [6.45, 7) is 2.85. The molecule has 1 aliphatic rings. The molecule has 1 amide bonds. The Morgan fingerprint density at radius 2 is 2.09 bits per heavy atom. The lowest BCUT2D eigenvalue weighted by molar-refractivity contribution is -0.121. The molecule has 0 aliphatic carbocycles. The van der Waals surface area contributed by atoms with Gasteiger partial charge in [-0.05, 0) is 35.6 Å². The standard InChI is InChI=1S/C22H23N9O3S/c1-12-14(8-27-35(33)34)7-24-9-16(12)18-4-13-5-19(26-10-17(13)22(23)28-18)29-20-6-15-2-3-25-21(32)11-31(15)30-20/h4-7,9-10,27H,2-3,8,11H2,1H3,(H2,23,28)(H,25,32)(H,33,34)(H,26,29,30). The van der Waals surface area contributed by atoms with Crippen molar-refractivity contribution < 1.29 is 13.6 Å². The number of nitrogens with one attached hydrogen (secondary N) is 3. The van der Waals surface area contributed by atoms with Gasteiger partial charge in [-0.1, -0.05) is 0 Å². The van der Waals surface area contributed by atoms with Gasteiger partial charge in [0, 0.05) is 60.8 Å². The first-order valence-electron chi connectivity index (χ1n) is 10.8. The highest BCUT2D eigenvalue weighted by molar-refractivity contribution is 7.77. The van der Waals surface area contributed by atoms with Crippen LogP contribution in [-0.2, 0) is 35.6 Å². The molecule has 4 aromatic rings. The molecule has 0 saturated carbocycles. The summed E-state index contributed by atoms with van der Waals surface area (Å²) in [7, 11) is 0. The van der Waals surface area contributed by atoms with Crippen LogP contribution in [0.5, 0.6) is 0 Å². The summed E-state index contributed by atoms with van der Waals surface area (Å²) in [6, 6.07) is 5.67. The molecule has 1 aliphatic heterocycles. The van der Waals surface area contributed by atoms with Crippen molar-refractivity contribution >= 4 is 45.4 Å². The van der Waals surface area contributed by atoms with Crippen molar-refractivity contribution in [3.63, 3.8) is 0 Å². The lowest BCUT2D eigenvalue weighted by Gasteiger charge is -2.12. The number of anilines is 3. The van der Waals surface area contributed by atoms with Gasteiger partial charge in [0.15, 0.2) is 5.82 Å². The van der Waals surface area contributed by atoms with Crippen LogP contribution in [-0.4, -0.2) is 45.9 Å². The third kappa shape index (κ3) is 4.82. The van der Waals surface area contributed by atoms with E-state index in [0.717, 1.165) is 27.8 Å². The van der Waals surface area contributed by atoms with E-state index in [1.807, 2.05) is 25.1 Å². The van der Waals surface area contributed by atoms with Crippen LogP contribution in [0.15, 0.2) is 36.8 Å². The zero-order valence-electron chi connectivity index (χ0n) is 18.8. The van der Waals surface area contributed by atoms with Crippen molar-refractivity contribution in [2.75, 3.05) is 17.6 Å². The minimum atomic E-state index is -2.12. The third-order valence-corrected chi connectivity index (χ3v) is 6.23. The number of nitrogen functional groups attached to an aromatic ring is 1. The molecular formula is C22H23N9O3S. The average Bonchev–Trinajstić information content (AvgIpc) is 3.09. The molecule has 0 aromatic carbocycles. The highest BCUT2D eigenvalue weighted by Gasteiger charge is 2.16. The van der Waals surface area contributed by atoms with Crippen LogP contribution in [0.1, 0.15) is 16.8 Å². The summed E-state index contributed by atoms with van der Waals surface area (Å²) in [4.78, 5) is 25.0. The van der Waals surface area contributed by atoms with Gasteiger partial charge in [-0.3, -0.25) is 19.0 Å². The van der Waals surface area contributed by atoms with Gasteiger partial charge in [0.05, 0.1) is 5.69 Å². The number of nitrogens with two attached hydrogens (primary N) is 1. The minimum absolute atomic E-state index is 0.0630. The molecule has 1 unspecified atom stereocenters. The first kappa shape index (κ1) is 22.8. The Kier molecular flexibility index (Phi) is 6.11. The van der Waals surface area contributed by atoms with Crippen molar-refractivity contribution in [3.05, 3.63) is 53.6 Å². The van der Waals surface area contributed by atoms with Gasteiger partial charge >= 0.3 is 0 Å². The second kappa shape index (κ2) is 9.37. The van der Waals surface area contributed by atoms with Crippen LogP contribution >= 0.6 is 0 Å². The number of carbonyl (C=O) groups is 1. The lowest BCUT2D eigenvalue weighted by Crippen LogP contribution is -2.25. The molecule has 5 rings (SSSR count). The van der Waals surface area contributed by atoms with E-state index in [0.29, 0.717) is 41.5 Å². The molecule has 0 saturated heterocycles. The van der Waals surface area contributed by atoms with Crippen molar-refractivity contribution in [3.8, 4) is 11.3 Å². The molecule has 1 atom stereocenters. The topological polar surface area (TPSA) is 173 Å². The third-order valence-electron chi connectivity index (χ3n) is 5.84. The Balaban J connectivity index is 1.46. The molecule has 6 N–H and O–H groups in total. The van der Waals surface area contributed by atoms with E-state index in [4.69, 9.17) is 10.3 Å². The Bertz CT molecular complexity index is 1470. The number of carbonyl (C=O) groups excluding carboxylic acids is 1. The first-order valence-corrected chi connectivity index (χ1v) is 11.9. The van der Waals surface area contributed by atoms with Gasteiger partial charge in [0.2, 0.25) is 17.2 Å². The maximum atomic E-state index is 11.8. The van der Waals surface area contributed by atoms with Crippen LogP contribution in [0.2, 0.25) is 0 Å². The van der Waals surface area contributed by atoms with Gasteiger partial charge in [-0.2, -0.15) is 5.10 Å². The molecule has 0 radical (unpaired) electrons. The number of aromatic nitrogens is 5. The highest BCUT2D eigenvalue weighted by atomic mass is 32.2. The van der Waals surface area contributed by atoms with Crippen molar-refractivity contribution in [2.24, 2.45) is 0 Å². The summed E-state index contributed by atoms with van der Waals surface area (Å²) in [5.41, 5.74) is 10.3. The average molecular weight is 494 g/mol. The van der Waals surface area contributed by atoms with Crippen LogP contribution in [0.25, 0.3) is 22.0 Å². The van der Waals surface area contributed by atoms with Crippen LogP contribution in [0, 0.1) is 6.92 Å². The summed E-state index contributed by atoms with van der Waals surface area (Å²) in [5, 5.41) is 12.0. The number of amides is 1.